The largest absolute Gasteiger partial charge is 0.478 e. The number of aromatic nitrogens is 3. The topological polar surface area (TPSA) is 120 Å². The van der Waals surface area contributed by atoms with E-state index in [1.807, 2.05) is 37.3 Å². The van der Waals surface area contributed by atoms with E-state index >= 15 is 0 Å². The lowest BCUT2D eigenvalue weighted by molar-refractivity contribution is -0.122. The van der Waals surface area contributed by atoms with Crippen molar-refractivity contribution in [1.29, 1.82) is 0 Å². The summed E-state index contributed by atoms with van der Waals surface area (Å²) in [4.78, 5) is 42.2. The molecule has 0 bridgehead atoms. The van der Waals surface area contributed by atoms with Crippen molar-refractivity contribution in [3.8, 4) is 0 Å². The van der Waals surface area contributed by atoms with Gasteiger partial charge in [-0.3, -0.25) is 14.9 Å². The third-order valence-corrected chi connectivity index (χ3v) is 5.49. The van der Waals surface area contributed by atoms with Gasteiger partial charge in [-0.25, -0.2) is 9.31 Å². The molecule has 2 amide bonds. The van der Waals surface area contributed by atoms with Crippen LogP contribution in [0.2, 0.25) is 0 Å². The zero-order valence-corrected chi connectivity index (χ0v) is 17.3. The first-order valence-corrected chi connectivity index (χ1v) is 9.90. The summed E-state index contributed by atoms with van der Waals surface area (Å²) in [7, 11) is 3.95. The number of carbonyl (C=O) groups is 3. The highest BCUT2D eigenvalue weighted by atomic mass is 16.4. The van der Waals surface area contributed by atoms with E-state index in [4.69, 9.17) is 0 Å². The molecule has 5 rings (SSSR count). The highest BCUT2D eigenvalue weighted by Gasteiger charge is 2.35. The van der Waals surface area contributed by atoms with Gasteiger partial charge in [0.25, 0.3) is 11.8 Å². The fraction of sp³-hybridized carbons (Fsp3) is 0.130. The normalized spacial score (nSPS) is 14.2. The SMILES string of the molecule is CN(C)Cc1ccc2c(C3=C(c4c[nH]c5c(C(=O)O)cccc45)C(=O)NC3=O)cnn2c1. The number of carboxylic acid groups (broad SMARTS) is 1. The molecule has 1 aromatic carbocycles. The number of fused-ring (bicyclic) bond motifs is 2. The van der Waals surface area contributed by atoms with Crippen LogP contribution in [0.15, 0.2) is 48.9 Å². The van der Waals surface area contributed by atoms with E-state index in [1.165, 1.54) is 6.07 Å². The zero-order valence-electron chi connectivity index (χ0n) is 17.3. The van der Waals surface area contributed by atoms with E-state index in [-0.39, 0.29) is 16.7 Å². The van der Waals surface area contributed by atoms with E-state index in [9.17, 15) is 19.5 Å². The summed E-state index contributed by atoms with van der Waals surface area (Å²) >= 11 is 0. The molecule has 160 valence electrons. The van der Waals surface area contributed by atoms with Crippen molar-refractivity contribution in [3.05, 3.63) is 71.2 Å². The van der Waals surface area contributed by atoms with Gasteiger partial charge in [-0.2, -0.15) is 5.10 Å². The summed E-state index contributed by atoms with van der Waals surface area (Å²) in [6.45, 7) is 0.735. The molecule has 0 unspecified atom stereocenters. The number of aromatic carboxylic acids is 1. The van der Waals surface area contributed by atoms with Crippen molar-refractivity contribution < 1.29 is 19.5 Å². The number of carboxylic acids is 1. The average molecular weight is 429 g/mol. The number of benzene rings is 1. The Kier molecular flexibility index (Phi) is 4.42. The second-order valence-corrected chi connectivity index (χ2v) is 7.93. The molecule has 0 saturated heterocycles. The van der Waals surface area contributed by atoms with Crippen LogP contribution in [0.3, 0.4) is 0 Å². The monoisotopic (exact) mass is 429 g/mol. The molecule has 32 heavy (non-hydrogen) atoms. The predicted molar refractivity (Wildman–Crippen MR) is 118 cm³/mol. The van der Waals surface area contributed by atoms with Crippen LogP contribution in [-0.2, 0) is 16.1 Å². The van der Waals surface area contributed by atoms with Gasteiger partial charge in [0.15, 0.2) is 0 Å². The molecule has 0 spiro atoms. The number of H-pyrrole nitrogens is 1. The molecule has 4 aromatic rings. The van der Waals surface area contributed by atoms with Crippen LogP contribution in [0.4, 0.5) is 0 Å². The molecule has 9 heteroatoms. The van der Waals surface area contributed by atoms with Gasteiger partial charge < -0.3 is 15.0 Å². The Balaban J connectivity index is 1.72. The zero-order chi connectivity index (χ0) is 22.6. The van der Waals surface area contributed by atoms with Crippen LogP contribution >= 0.6 is 0 Å². The molecule has 0 aliphatic carbocycles. The third-order valence-electron chi connectivity index (χ3n) is 5.49. The lowest BCUT2D eigenvalue weighted by atomic mass is 9.96. The number of carbonyl (C=O) groups excluding carboxylic acids is 2. The smallest absolute Gasteiger partial charge is 0.337 e. The number of pyridine rings is 1. The fourth-order valence-corrected chi connectivity index (χ4v) is 4.19. The van der Waals surface area contributed by atoms with Crippen LogP contribution < -0.4 is 5.32 Å². The van der Waals surface area contributed by atoms with E-state index in [1.54, 1.807) is 29.0 Å². The number of rotatable bonds is 5. The molecular weight excluding hydrogens is 410 g/mol. The Morgan fingerprint density at radius 3 is 2.56 bits per heavy atom. The van der Waals surface area contributed by atoms with Crippen molar-refractivity contribution in [2.24, 2.45) is 0 Å². The Morgan fingerprint density at radius 2 is 1.84 bits per heavy atom. The van der Waals surface area contributed by atoms with E-state index in [0.717, 1.165) is 12.1 Å². The first-order valence-electron chi connectivity index (χ1n) is 9.90. The third kappa shape index (κ3) is 2.98. The summed E-state index contributed by atoms with van der Waals surface area (Å²) in [6, 6.07) is 8.65. The molecule has 4 heterocycles. The van der Waals surface area contributed by atoms with E-state index < -0.39 is 17.8 Å². The molecule has 9 nitrogen and oxygen atoms in total. The fourth-order valence-electron chi connectivity index (χ4n) is 4.19. The van der Waals surface area contributed by atoms with Crippen LogP contribution in [0.1, 0.15) is 27.0 Å². The van der Waals surface area contributed by atoms with Gasteiger partial charge in [0.05, 0.1) is 33.9 Å². The highest BCUT2D eigenvalue weighted by molar-refractivity contribution is 6.50. The number of nitrogens with zero attached hydrogens (tertiary/aromatic N) is 3. The Bertz CT molecular complexity index is 1470. The first kappa shape index (κ1) is 19.7. The second-order valence-electron chi connectivity index (χ2n) is 7.93. The van der Waals surface area contributed by atoms with Crippen LogP contribution in [0.25, 0.3) is 27.6 Å². The molecule has 0 fully saturated rings. The minimum absolute atomic E-state index is 0.0880. The summed E-state index contributed by atoms with van der Waals surface area (Å²) in [5.74, 6) is -2.13. The van der Waals surface area contributed by atoms with Crippen molar-refractivity contribution in [2.45, 2.75) is 6.54 Å². The number of hydrogen-bond donors (Lipinski definition) is 3. The number of aromatic amines is 1. The quantitative estimate of drug-likeness (QED) is 0.418. The van der Waals surface area contributed by atoms with Gasteiger partial charge >= 0.3 is 5.97 Å². The van der Waals surface area contributed by atoms with Crippen molar-refractivity contribution in [1.82, 2.24) is 24.8 Å². The summed E-state index contributed by atoms with van der Waals surface area (Å²) < 4.78 is 1.69. The Morgan fingerprint density at radius 1 is 1.09 bits per heavy atom. The summed E-state index contributed by atoms with van der Waals surface area (Å²) in [5.41, 5.74) is 3.62. The Hall–Kier alpha value is -4.24. The van der Waals surface area contributed by atoms with Gasteiger partial charge in [-0.05, 0) is 31.8 Å². The van der Waals surface area contributed by atoms with Gasteiger partial charge in [-0.1, -0.05) is 18.2 Å². The summed E-state index contributed by atoms with van der Waals surface area (Å²) in [5, 5.41) is 16.8. The lowest BCUT2D eigenvalue weighted by Gasteiger charge is -2.09. The number of imide groups is 1. The molecular formula is C23H19N5O4. The van der Waals surface area contributed by atoms with Crippen LogP contribution in [-0.4, -0.2) is 56.5 Å². The maximum Gasteiger partial charge on any atom is 0.337 e. The standard InChI is InChI=1S/C23H19N5O4/c1-27(2)10-12-6-7-17-16(9-25-28(17)11-12)19-18(21(29)26-22(19)30)15-8-24-20-13(15)4-3-5-14(20)23(31)32/h3-9,11,24H,10H2,1-2H3,(H,31,32)(H,26,29,30). The van der Waals surface area contributed by atoms with Crippen LogP contribution in [0.5, 0.6) is 0 Å². The minimum atomic E-state index is -1.08. The minimum Gasteiger partial charge on any atom is -0.478 e. The summed E-state index contributed by atoms with van der Waals surface area (Å²) in [6.07, 6.45) is 5.02. The van der Waals surface area contributed by atoms with Gasteiger partial charge in [0, 0.05) is 35.5 Å². The lowest BCUT2D eigenvalue weighted by Crippen LogP contribution is -2.22. The number of nitrogens with one attached hydrogen (secondary N) is 2. The molecule has 1 aliphatic rings. The molecule has 0 saturated carbocycles. The predicted octanol–water partition coefficient (Wildman–Crippen LogP) is 2.14. The average Bonchev–Trinajstić information content (AvgIpc) is 3.41. The number of hydrogen-bond acceptors (Lipinski definition) is 5. The molecule has 3 N–H and O–H groups in total. The van der Waals surface area contributed by atoms with Gasteiger partial charge in [0.1, 0.15) is 0 Å². The number of amides is 2. The molecule has 3 aromatic heterocycles. The van der Waals surface area contributed by atoms with E-state index in [2.05, 4.69) is 15.4 Å². The van der Waals surface area contributed by atoms with Gasteiger partial charge in [0.2, 0.25) is 0 Å². The molecule has 1 aliphatic heterocycles. The van der Waals surface area contributed by atoms with Crippen molar-refractivity contribution in [3.63, 3.8) is 0 Å². The van der Waals surface area contributed by atoms with Crippen LogP contribution in [0, 0.1) is 0 Å². The van der Waals surface area contributed by atoms with Crippen molar-refractivity contribution in [2.75, 3.05) is 14.1 Å². The molecule has 0 atom stereocenters. The highest BCUT2D eigenvalue weighted by Crippen LogP contribution is 2.37. The van der Waals surface area contributed by atoms with E-state index in [0.29, 0.717) is 27.5 Å². The second kappa shape index (κ2) is 7.17. The Labute approximate surface area is 181 Å². The van der Waals surface area contributed by atoms with Crippen molar-refractivity contribution >= 4 is 45.3 Å². The van der Waals surface area contributed by atoms with Gasteiger partial charge in [-0.15, -0.1) is 0 Å². The number of para-hydroxylation sites is 1. The maximum absolute atomic E-state index is 12.8. The first-order chi connectivity index (χ1) is 15.3. The maximum atomic E-state index is 12.8. The molecule has 0 radical (unpaired) electrons.